The van der Waals surface area contributed by atoms with Gasteiger partial charge in [0.15, 0.2) is 0 Å². The van der Waals surface area contributed by atoms with Crippen LogP contribution in [0.4, 0.5) is 0 Å². The summed E-state index contributed by atoms with van der Waals surface area (Å²) in [7, 11) is 0. The lowest BCUT2D eigenvalue weighted by Gasteiger charge is -2.16. The second-order valence-electron chi connectivity index (χ2n) is 4.37. The third kappa shape index (κ3) is 9.54. The van der Waals surface area contributed by atoms with Crippen LogP contribution < -0.4 is 0 Å². The molecule has 18 heavy (non-hydrogen) atoms. The van der Waals surface area contributed by atoms with E-state index in [2.05, 4.69) is 0 Å². The highest BCUT2D eigenvalue weighted by Gasteiger charge is 2.13. The number of halogens is 2. The van der Waals surface area contributed by atoms with E-state index in [4.69, 9.17) is 32.7 Å². The molecule has 0 heterocycles. The van der Waals surface area contributed by atoms with E-state index in [9.17, 15) is 9.59 Å². The topological polar surface area (TPSA) is 52.6 Å². The van der Waals surface area contributed by atoms with Crippen LogP contribution in [0.3, 0.4) is 0 Å². The molecule has 0 fully saturated rings. The van der Waals surface area contributed by atoms with Gasteiger partial charge in [-0.2, -0.15) is 0 Å². The summed E-state index contributed by atoms with van der Waals surface area (Å²) in [6, 6.07) is 0. The van der Waals surface area contributed by atoms with Gasteiger partial charge in [0.25, 0.3) is 0 Å². The molecular formula is C12H20Cl2O4. The van der Waals surface area contributed by atoms with E-state index in [-0.39, 0.29) is 37.4 Å². The summed E-state index contributed by atoms with van der Waals surface area (Å²) >= 11 is 10.8. The van der Waals surface area contributed by atoms with Gasteiger partial charge in [-0.05, 0) is 19.3 Å². The van der Waals surface area contributed by atoms with Gasteiger partial charge in [0.05, 0.1) is 0 Å². The number of hydrogen-bond acceptors (Lipinski definition) is 4. The summed E-state index contributed by atoms with van der Waals surface area (Å²) in [5.41, 5.74) is 0. The van der Waals surface area contributed by atoms with Crippen molar-refractivity contribution in [1.29, 1.82) is 0 Å². The molecule has 1 unspecified atom stereocenters. The molecule has 106 valence electrons. The maximum absolute atomic E-state index is 11.4. The number of carbonyl (C=O) groups excluding carboxylic acids is 2. The molecule has 0 aromatic rings. The van der Waals surface area contributed by atoms with Crippen molar-refractivity contribution in [2.45, 2.75) is 51.0 Å². The molecule has 1 atom stereocenters. The zero-order valence-corrected chi connectivity index (χ0v) is 12.5. The quantitative estimate of drug-likeness (QED) is 0.510. The van der Waals surface area contributed by atoms with Crippen molar-refractivity contribution in [3.63, 3.8) is 0 Å². The molecule has 0 N–H and O–H groups in total. The van der Waals surface area contributed by atoms with Crippen LogP contribution in [0.1, 0.15) is 40.0 Å². The number of alkyl halides is 2. The molecule has 0 aromatic heterocycles. The van der Waals surface area contributed by atoms with Crippen LogP contribution in [0.5, 0.6) is 0 Å². The van der Waals surface area contributed by atoms with E-state index >= 15 is 0 Å². The first-order valence-corrected chi connectivity index (χ1v) is 6.83. The molecular weight excluding hydrogens is 279 g/mol. The first-order valence-electron chi connectivity index (χ1n) is 5.96. The standard InChI is InChI=1S/C12H20Cl2O4/c1-8(2)9(3)18-12(16)6-4-5-11(15)17-7-10(13)14/h8-10H,4-7H2,1-3H3. The van der Waals surface area contributed by atoms with E-state index < -0.39 is 10.8 Å². The van der Waals surface area contributed by atoms with Gasteiger partial charge in [-0.1, -0.05) is 13.8 Å². The molecule has 4 nitrogen and oxygen atoms in total. The van der Waals surface area contributed by atoms with Gasteiger partial charge in [0, 0.05) is 12.8 Å². The van der Waals surface area contributed by atoms with Crippen LogP contribution in [0.15, 0.2) is 0 Å². The van der Waals surface area contributed by atoms with Crippen LogP contribution in [-0.2, 0) is 19.1 Å². The third-order valence-corrected chi connectivity index (χ3v) is 2.64. The predicted molar refractivity (Wildman–Crippen MR) is 70.7 cm³/mol. The zero-order valence-electron chi connectivity index (χ0n) is 10.9. The fourth-order valence-electron chi connectivity index (χ4n) is 1.01. The Balaban J connectivity index is 3.65. The zero-order chi connectivity index (χ0) is 14.1. The summed E-state index contributed by atoms with van der Waals surface area (Å²) in [5.74, 6) is -0.425. The smallest absolute Gasteiger partial charge is 0.306 e. The van der Waals surface area contributed by atoms with Crippen molar-refractivity contribution in [3.8, 4) is 0 Å². The normalized spacial score (nSPS) is 12.6. The minimum atomic E-state index is -0.717. The van der Waals surface area contributed by atoms with Gasteiger partial charge in [-0.25, -0.2) is 0 Å². The van der Waals surface area contributed by atoms with Gasteiger partial charge in [-0.15, -0.1) is 23.2 Å². The molecule has 0 aliphatic heterocycles. The van der Waals surface area contributed by atoms with Gasteiger partial charge in [0.1, 0.15) is 17.5 Å². The Kier molecular flexibility index (Phi) is 9.20. The van der Waals surface area contributed by atoms with Crippen LogP contribution in [0.25, 0.3) is 0 Å². The van der Waals surface area contributed by atoms with E-state index in [0.717, 1.165) is 0 Å². The average molecular weight is 299 g/mol. The van der Waals surface area contributed by atoms with Crippen molar-refractivity contribution in [2.75, 3.05) is 6.61 Å². The highest BCUT2D eigenvalue weighted by Crippen LogP contribution is 2.09. The van der Waals surface area contributed by atoms with E-state index in [1.165, 1.54) is 0 Å². The molecule has 0 amide bonds. The molecule has 0 saturated heterocycles. The van der Waals surface area contributed by atoms with Gasteiger partial charge in [-0.3, -0.25) is 9.59 Å². The Morgan fingerprint density at radius 2 is 1.61 bits per heavy atom. The Hall–Kier alpha value is -0.480. The van der Waals surface area contributed by atoms with Crippen molar-refractivity contribution < 1.29 is 19.1 Å². The SMILES string of the molecule is CC(C)C(C)OC(=O)CCCC(=O)OCC(Cl)Cl. The lowest BCUT2D eigenvalue weighted by Crippen LogP contribution is -2.20. The highest BCUT2D eigenvalue weighted by molar-refractivity contribution is 6.44. The fraction of sp³-hybridized carbons (Fsp3) is 0.833. The number of rotatable bonds is 8. The van der Waals surface area contributed by atoms with Crippen molar-refractivity contribution >= 4 is 35.1 Å². The summed E-state index contributed by atoms with van der Waals surface area (Å²) in [4.78, 5) is 21.8. The van der Waals surface area contributed by atoms with Crippen molar-refractivity contribution in [2.24, 2.45) is 5.92 Å². The minimum absolute atomic E-state index is 0.0310. The number of esters is 2. The fourth-order valence-corrected chi connectivity index (χ4v) is 1.13. The van der Waals surface area contributed by atoms with Crippen molar-refractivity contribution in [1.82, 2.24) is 0 Å². The van der Waals surface area contributed by atoms with Gasteiger partial charge >= 0.3 is 11.9 Å². The van der Waals surface area contributed by atoms with Crippen LogP contribution in [0.2, 0.25) is 0 Å². The Labute approximate surface area is 118 Å². The Morgan fingerprint density at radius 3 is 2.11 bits per heavy atom. The summed E-state index contributed by atoms with van der Waals surface area (Å²) in [6.07, 6.45) is 0.651. The van der Waals surface area contributed by atoms with E-state index in [1.54, 1.807) is 0 Å². The monoisotopic (exact) mass is 298 g/mol. The lowest BCUT2D eigenvalue weighted by atomic mass is 10.1. The molecule has 0 radical (unpaired) electrons. The number of hydrogen-bond donors (Lipinski definition) is 0. The average Bonchev–Trinajstić information content (AvgIpc) is 2.26. The third-order valence-electron chi connectivity index (χ3n) is 2.39. The first kappa shape index (κ1) is 17.5. The van der Waals surface area contributed by atoms with Gasteiger partial charge < -0.3 is 9.47 Å². The molecule has 0 bridgehead atoms. The first-order chi connectivity index (χ1) is 8.32. The second kappa shape index (κ2) is 9.45. The molecule has 0 saturated carbocycles. The molecule has 6 heteroatoms. The van der Waals surface area contributed by atoms with E-state index in [1.807, 2.05) is 20.8 Å². The molecule has 0 rings (SSSR count). The van der Waals surface area contributed by atoms with E-state index in [0.29, 0.717) is 6.42 Å². The number of ether oxygens (including phenoxy) is 2. The summed E-state index contributed by atoms with van der Waals surface area (Å²) < 4.78 is 9.91. The number of carbonyl (C=O) groups is 2. The maximum Gasteiger partial charge on any atom is 0.306 e. The van der Waals surface area contributed by atoms with Crippen molar-refractivity contribution in [3.05, 3.63) is 0 Å². The molecule has 0 aliphatic carbocycles. The Bertz CT molecular complexity index is 267. The van der Waals surface area contributed by atoms with Crippen LogP contribution in [-0.4, -0.2) is 29.5 Å². The van der Waals surface area contributed by atoms with Crippen LogP contribution in [0, 0.1) is 5.92 Å². The maximum atomic E-state index is 11.4. The molecule has 0 aliphatic rings. The summed E-state index contributed by atoms with van der Waals surface area (Å²) in [5, 5.41) is 0. The second-order valence-corrected chi connectivity index (χ2v) is 5.64. The molecule has 0 aromatic carbocycles. The largest absolute Gasteiger partial charge is 0.463 e. The predicted octanol–water partition coefficient (Wildman–Crippen LogP) is 3.09. The van der Waals surface area contributed by atoms with Crippen LogP contribution >= 0.6 is 23.2 Å². The highest BCUT2D eigenvalue weighted by atomic mass is 35.5. The molecule has 0 spiro atoms. The lowest BCUT2D eigenvalue weighted by molar-refractivity contribution is -0.150. The van der Waals surface area contributed by atoms with Gasteiger partial charge in [0.2, 0.25) is 0 Å². The Morgan fingerprint density at radius 1 is 1.06 bits per heavy atom. The minimum Gasteiger partial charge on any atom is -0.463 e. The summed E-state index contributed by atoms with van der Waals surface area (Å²) in [6.45, 7) is 5.77.